The first-order valence-electron chi connectivity index (χ1n) is 5.72. The van der Waals surface area contributed by atoms with Crippen molar-refractivity contribution in [2.75, 3.05) is 12.4 Å². The molecule has 0 aliphatic carbocycles. The van der Waals surface area contributed by atoms with Crippen molar-refractivity contribution in [3.63, 3.8) is 0 Å². The molecule has 0 aliphatic rings. The quantitative estimate of drug-likeness (QED) is 0.883. The van der Waals surface area contributed by atoms with E-state index in [1.165, 1.54) is 25.4 Å². The van der Waals surface area contributed by atoms with Gasteiger partial charge in [-0.05, 0) is 24.3 Å². The molecule has 1 amide bonds. The fraction of sp³-hybridized carbons (Fsp3) is 0.0714. The second kappa shape index (κ2) is 6.16. The zero-order valence-corrected chi connectivity index (χ0v) is 11.3. The largest absolute Gasteiger partial charge is 0.465 e. The van der Waals surface area contributed by atoms with Crippen LogP contribution in [0.1, 0.15) is 20.8 Å². The topological polar surface area (TPSA) is 68.3 Å². The number of methoxy groups -OCH3 is 1. The Bertz CT molecular complexity index is 641. The molecule has 0 aliphatic heterocycles. The zero-order chi connectivity index (χ0) is 14.5. The van der Waals surface area contributed by atoms with Crippen LogP contribution >= 0.6 is 11.6 Å². The number of nitrogens with one attached hydrogen (secondary N) is 1. The average molecular weight is 291 g/mol. The molecule has 2 aromatic rings. The molecule has 1 N–H and O–H groups in total. The van der Waals surface area contributed by atoms with Crippen LogP contribution in [0.2, 0.25) is 5.02 Å². The number of carbonyl (C=O) groups excluding carboxylic acids is 2. The molecule has 6 heteroatoms. The molecule has 5 nitrogen and oxygen atoms in total. The van der Waals surface area contributed by atoms with Crippen molar-refractivity contribution >= 4 is 29.2 Å². The van der Waals surface area contributed by atoms with Crippen LogP contribution in [0.3, 0.4) is 0 Å². The highest BCUT2D eigenvalue weighted by Crippen LogP contribution is 2.20. The average Bonchev–Trinajstić information content (AvgIpc) is 2.49. The Morgan fingerprint density at radius 3 is 2.55 bits per heavy atom. The number of hydrogen-bond donors (Lipinski definition) is 1. The van der Waals surface area contributed by atoms with Gasteiger partial charge in [0.2, 0.25) is 0 Å². The molecule has 20 heavy (non-hydrogen) atoms. The minimum Gasteiger partial charge on any atom is -0.465 e. The molecule has 1 aromatic heterocycles. The monoisotopic (exact) mass is 290 g/mol. The normalized spacial score (nSPS) is 9.90. The molecule has 0 bridgehead atoms. The molecule has 0 unspecified atom stereocenters. The van der Waals surface area contributed by atoms with Gasteiger partial charge in [0.25, 0.3) is 5.91 Å². The van der Waals surface area contributed by atoms with E-state index in [-0.39, 0.29) is 11.3 Å². The number of pyridine rings is 1. The number of nitrogens with zero attached hydrogens (tertiary/aromatic N) is 1. The minimum atomic E-state index is -0.504. The summed E-state index contributed by atoms with van der Waals surface area (Å²) in [6.07, 6.45) is 1.29. The van der Waals surface area contributed by atoms with Crippen molar-refractivity contribution in [3.8, 4) is 0 Å². The van der Waals surface area contributed by atoms with Crippen LogP contribution in [0.25, 0.3) is 0 Å². The third kappa shape index (κ3) is 3.13. The summed E-state index contributed by atoms with van der Waals surface area (Å²) < 4.78 is 4.55. The summed E-state index contributed by atoms with van der Waals surface area (Å²) in [6.45, 7) is 0. The van der Waals surface area contributed by atoms with Gasteiger partial charge in [-0.1, -0.05) is 23.7 Å². The molecule has 0 spiro atoms. The number of anilines is 1. The van der Waals surface area contributed by atoms with Gasteiger partial charge in [-0.2, -0.15) is 0 Å². The summed E-state index contributed by atoms with van der Waals surface area (Å²) >= 11 is 5.95. The number of benzene rings is 1. The number of rotatable bonds is 3. The van der Waals surface area contributed by atoms with Crippen molar-refractivity contribution in [2.45, 2.75) is 0 Å². The molecule has 0 fully saturated rings. The van der Waals surface area contributed by atoms with Crippen molar-refractivity contribution in [3.05, 3.63) is 58.9 Å². The fourth-order valence-electron chi connectivity index (χ4n) is 1.52. The fourth-order valence-corrected chi connectivity index (χ4v) is 1.70. The second-order valence-electron chi connectivity index (χ2n) is 3.86. The van der Waals surface area contributed by atoms with Crippen molar-refractivity contribution in [2.24, 2.45) is 0 Å². The predicted molar refractivity (Wildman–Crippen MR) is 75.0 cm³/mol. The van der Waals surface area contributed by atoms with Gasteiger partial charge in [-0.3, -0.25) is 9.78 Å². The number of halogens is 1. The molecule has 2 rings (SSSR count). The number of amides is 1. The van der Waals surface area contributed by atoms with Crippen molar-refractivity contribution in [1.82, 2.24) is 4.98 Å². The first kappa shape index (κ1) is 14.0. The van der Waals surface area contributed by atoms with E-state index in [1.54, 1.807) is 24.3 Å². The van der Waals surface area contributed by atoms with E-state index in [4.69, 9.17) is 11.6 Å². The van der Waals surface area contributed by atoms with Crippen LogP contribution in [0.15, 0.2) is 42.6 Å². The highest BCUT2D eigenvalue weighted by molar-refractivity contribution is 6.33. The Morgan fingerprint density at radius 1 is 1.20 bits per heavy atom. The van der Waals surface area contributed by atoms with E-state index < -0.39 is 11.9 Å². The third-order valence-corrected chi connectivity index (χ3v) is 2.87. The van der Waals surface area contributed by atoms with Gasteiger partial charge >= 0.3 is 5.97 Å². The van der Waals surface area contributed by atoms with Gasteiger partial charge in [0, 0.05) is 6.20 Å². The summed E-state index contributed by atoms with van der Waals surface area (Å²) in [6, 6.07) is 9.80. The third-order valence-electron chi connectivity index (χ3n) is 2.54. The highest BCUT2D eigenvalue weighted by Gasteiger charge is 2.11. The van der Waals surface area contributed by atoms with Crippen LogP contribution in [0.5, 0.6) is 0 Å². The maximum absolute atomic E-state index is 12.0. The molecule has 1 aromatic carbocycles. The summed E-state index contributed by atoms with van der Waals surface area (Å²) in [5.41, 5.74) is 0.956. The Labute approximate surface area is 120 Å². The summed E-state index contributed by atoms with van der Waals surface area (Å²) in [5, 5.41) is 3.08. The van der Waals surface area contributed by atoms with Crippen molar-refractivity contribution in [1.29, 1.82) is 0 Å². The minimum absolute atomic E-state index is 0.178. The highest BCUT2D eigenvalue weighted by atomic mass is 35.5. The van der Waals surface area contributed by atoms with Crippen LogP contribution in [-0.2, 0) is 4.74 Å². The first-order chi connectivity index (χ1) is 9.61. The van der Waals surface area contributed by atoms with E-state index in [1.807, 2.05) is 0 Å². The van der Waals surface area contributed by atoms with Gasteiger partial charge in [0.05, 0.1) is 23.4 Å². The second-order valence-corrected chi connectivity index (χ2v) is 4.26. The van der Waals surface area contributed by atoms with Gasteiger partial charge < -0.3 is 10.1 Å². The molecular weight excluding hydrogens is 280 g/mol. The SMILES string of the molecule is COC(=O)c1ccc(C(=O)Nc2ccccc2Cl)nc1. The Morgan fingerprint density at radius 2 is 1.95 bits per heavy atom. The molecule has 0 atom stereocenters. The Kier molecular flexibility index (Phi) is 4.32. The van der Waals surface area contributed by atoms with Crippen LogP contribution in [0.4, 0.5) is 5.69 Å². The number of ether oxygens (including phenoxy) is 1. The maximum Gasteiger partial charge on any atom is 0.339 e. The van der Waals surface area contributed by atoms with E-state index in [2.05, 4.69) is 15.0 Å². The number of aromatic nitrogens is 1. The smallest absolute Gasteiger partial charge is 0.339 e. The molecule has 102 valence electrons. The number of hydrogen-bond acceptors (Lipinski definition) is 4. The van der Waals surface area contributed by atoms with E-state index >= 15 is 0 Å². The van der Waals surface area contributed by atoms with Gasteiger partial charge in [0.1, 0.15) is 5.69 Å². The number of esters is 1. The lowest BCUT2D eigenvalue weighted by atomic mass is 10.2. The Balaban J connectivity index is 2.14. The van der Waals surface area contributed by atoms with E-state index in [9.17, 15) is 9.59 Å². The maximum atomic E-state index is 12.0. The van der Waals surface area contributed by atoms with Gasteiger partial charge in [0.15, 0.2) is 0 Å². The Hall–Kier alpha value is -2.40. The molecule has 0 saturated heterocycles. The number of para-hydroxylation sites is 1. The first-order valence-corrected chi connectivity index (χ1v) is 6.10. The van der Waals surface area contributed by atoms with E-state index in [0.29, 0.717) is 10.7 Å². The van der Waals surface area contributed by atoms with Crippen molar-refractivity contribution < 1.29 is 14.3 Å². The summed E-state index contributed by atoms with van der Waals surface area (Å²) in [7, 11) is 1.28. The standard InChI is InChI=1S/C14H11ClN2O3/c1-20-14(19)9-6-7-12(16-8-9)13(18)17-11-5-3-2-4-10(11)15/h2-8H,1H3,(H,17,18). The zero-order valence-electron chi connectivity index (χ0n) is 10.6. The number of carbonyl (C=O) groups is 2. The van der Waals surface area contributed by atoms with Crippen LogP contribution < -0.4 is 5.32 Å². The lowest BCUT2D eigenvalue weighted by Gasteiger charge is -2.06. The summed E-state index contributed by atoms with van der Waals surface area (Å²) in [4.78, 5) is 27.1. The van der Waals surface area contributed by atoms with Gasteiger partial charge in [-0.25, -0.2) is 4.79 Å². The van der Waals surface area contributed by atoms with Gasteiger partial charge in [-0.15, -0.1) is 0 Å². The lowest BCUT2D eigenvalue weighted by Crippen LogP contribution is -2.14. The molecule has 0 radical (unpaired) electrons. The van der Waals surface area contributed by atoms with Crippen LogP contribution in [0, 0.1) is 0 Å². The molecule has 1 heterocycles. The molecular formula is C14H11ClN2O3. The molecule has 0 saturated carbocycles. The predicted octanol–water partition coefficient (Wildman–Crippen LogP) is 2.77. The van der Waals surface area contributed by atoms with Crippen LogP contribution in [-0.4, -0.2) is 24.0 Å². The lowest BCUT2D eigenvalue weighted by molar-refractivity contribution is 0.0600. The van der Waals surface area contributed by atoms with E-state index in [0.717, 1.165) is 0 Å². The summed E-state index contributed by atoms with van der Waals surface area (Å²) in [5.74, 6) is -0.912.